The van der Waals surface area contributed by atoms with E-state index in [0.29, 0.717) is 6.42 Å². The van der Waals surface area contributed by atoms with Crippen molar-refractivity contribution in [3.63, 3.8) is 0 Å². The predicted molar refractivity (Wildman–Crippen MR) is 146 cm³/mol. The van der Waals surface area contributed by atoms with Gasteiger partial charge in [0.1, 0.15) is 42.9 Å². The molecular weight excluding hydrogens is 532 g/mol. The zero-order valence-electron chi connectivity index (χ0n) is 23.5. The third kappa shape index (κ3) is 17.5. The molecule has 0 aliphatic carbocycles. The first-order valence-electron chi connectivity index (χ1n) is 14.6. The van der Waals surface area contributed by atoms with Gasteiger partial charge in [-0.2, -0.15) is 8.42 Å². The zero-order chi connectivity index (χ0) is 29.1. The Bertz CT molecular complexity index is 733. The fourth-order valence-corrected chi connectivity index (χ4v) is 5.25. The molecule has 12 heteroatoms. The summed E-state index contributed by atoms with van der Waals surface area (Å²) in [5, 5.41) is 39.7. The number of unbranched alkanes of at least 4 members (excludes halogenated alkanes) is 14. The lowest BCUT2D eigenvalue weighted by atomic mass is 10.00. The van der Waals surface area contributed by atoms with Crippen molar-refractivity contribution in [3.05, 3.63) is 0 Å². The monoisotopic (exact) mass is 584 g/mol. The first-order chi connectivity index (χ1) is 18.5. The molecule has 0 aromatic heterocycles. The van der Waals surface area contributed by atoms with E-state index >= 15 is 0 Å². The Morgan fingerprint density at radius 3 is 1.74 bits per heavy atom. The molecule has 39 heavy (non-hydrogen) atoms. The molecule has 0 saturated carbocycles. The number of hydrogen-bond donors (Lipinski definition) is 5. The van der Waals surface area contributed by atoms with Crippen molar-refractivity contribution in [2.45, 2.75) is 146 Å². The molecule has 0 amide bonds. The van der Waals surface area contributed by atoms with Gasteiger partial charge in [-0.25, -0.2) is 0 Å². The number of rotatable bonds is 23. The summed E-state index contributed by atoms with van der Waals surface area (Å²) >= 11 is 0. The Balaban J connectivity index is 2.05. The topological polar surface area (TPSA) is 180 Å². The smallest absolute Gasteiger partial charge is 0.305 e. The van der Waals surface area contributed by atoms with Crippen LogP contribution in [0.4, 0.5) is 0 Å². The summed E-state index contributed by atoms with van der Waals surface area (Å²) in [5.41, 5.74) is 0. The Morgan fingerprint density at radius 1 is 0.769 bits per heavy atom. The Morgan fingerprint density at radius 2 is 1.26 bits per heavy atom. The van der Waals surface area contributed by atoms with Crippen molar-refractivity contribution in [1.29, 1.82) is 0 Å². The largest absolute Gasteiger partial charge is 0.463 e. The second kappa shape index (κ2) is 20.9. The van der Waals surface area contributed by atoms with Gasteiger partial charge in [-0.3, -0.25) is 9.35 Å². The van der Waals surface area contributed by atoms with Gasteiger partial charge in [0.2, 0.25) is 0 Å². The SMILES string of the molecule is CCCCCCCCCCCCCCCCCC(=O)OCC(O)CO[C@H]1O[C@H](CS(=O)(=O)O)[C@@H](O)[C@H](O)[C@@H]1O. The average Bonchev–Trinajstić information content (AvgIpc) is 2.88. The summed E-state index contributed by atoms with van der Waals surface area (Å²) in [5.74, 6) is -1.46. The quantitative estimate of drug-likeness (QED) is 0.0677. The lowest BCUT2D eigenvalue weighted by Crippen LogP contribution is -2.60. The maximum absolute atomic E-state index is 11.9. The van der Waals surface area contributed by atoms with Gasteiger partial charge >= 0.3 is 5.97 Å². The van der Waals surface area contributed by atoms with Crippen LogP contribution in [0.3, 0.4) is 0 Å². The van der Waals surface area contributed by atoms with E-state index < -0.39 is 65.3 Å². The summed E-state index contributed by atoms with van der Waals surface area (Å²) in [6.07, 6.45) is 9.05. The van der Waals surface area contributed by atoms with E-state index in [0.717, 1.165) is 19.3 Å². The first kappa shape index (κ1) is 36.2. The molecule has 0 spiro atoms. The van der Waals surface area contributed by atoms with Gasteiger partial charge in [0.05, 0.1) is 6.61 Å². The first-order valence-corrected chi connectivity index (χ1v) is 16.3. The number of hydrogen-bond acceptors (Lipinski definition) is 10. The van der Waals surface area contributed by atoms with Crippen molar-refractivity contribution in [2.24, 2.45) is 0 Å². The van der Waals surface area contributed by atoms with Crippen molar-refractivity contribution in [2.75, 3.05) is 19.0 Å². The fraction of sp³-hybridized carbons (Fsp3) is 0.963. The van der Waals surface area contributed by atoms with E-state index in [1.54, 1.807) is 0 Å². The molecule has 0 aromatic rings. The van der Waals surface area contributed by atoms with Crippen LogP contribution in [0.2, 0.25) is 0 Å². The standard InChI is InChI=1S/C27H52O11S/c1-2-3-4-5-6-7-8-9-10-11-12-13-14-15-16-17-23(29)36-18-21(28)19-37-27-26(32)25(31)24(30)22(38-27)20-39(33,34)35/h21-22,24-28,30-32H,2-20H2,1H3,(H,33,34,35)/t21?,22-,24-,25+,26+,27+/m1/s1. The third-order valence-electron chi connectivity index (χ3n) is 6.92. The molecule has 11 nitrogen and oxygen atoms in total. The summed E-state index contributed by atoms with van der Waals surface area (Å²) in [6.45, 7) is 1.45. The van der Waals surface area contributed by atoms with E-state index in [1.165, 1.54) is 70.6 Å². The zero-order valence-corrected chi connectivity index (χ0v) is 24.3. The molecule has 6 atom stereocenters. The Hall–Kier alpha value is -0.860. The maximum Gasteiger partial charge on any atom is 0.305 e. The van der Waals surface area contributed by atoms with Crippen LogP contribution in [0, 0.1) is 0 Å². The summed E-state index contributed by atoms with van der Waals surface area (Å²) in [6, 6.07) is 0. The van der Waals surface area contributed by atoms with Crippen LogP contribution in [0.1, 0.15) is 110 Å². The number of ether oxygens (including phenoxy) is 3. The van der Waals surface area contributed by atoms with Crippen LogP contribution in [-0.4, -0.2) is 95.1 Å². The second-order valence-electron chi connectivity index (χ2n) is 10.6. The number of carbonyl (C=O) groups is 1. The van der Waals surface area contributed by atoms with Gasteiger partial charge in [-0.15, -0.1) is 0 Å². The molecule has 232 valence electrons. The molecule has 1 aliphatic heterocycles. The lowest BCUT2D eigenvalue weighted by Gasteiger charge is -2.40. The summed E-state index contributed by atoms with van der Waals surface area (Å²) < 4.78 is 46.4. The van der Waals surface area contributed by atoms with Crippen LogP contribution in [0.15, 0.2) is 0 Å². The van der Waals surface area contributed by atoms with Crippen molar-refractivity contribution in [1.82, 2.24) is 0 Å². The molecule has 1 heterocycles. The highest BCUT2D eigenvalue weighted by Crippen LogP contribution is 2.23. The molecule has 5 N–H and O–H groups in total. The summed E-state index contributed by atoms with van der Waals surface area (Å²) in [7, 11) is -4.53. The molecule has 1 unspecified atom stereocenters. The normalized spacial score (nSPS) is 24.5. The Kier molecular flexibility index (Phi) is 19.4. The van der Waals surface area contributed by atoms with Crippen LogP contribution >= 0.6 is 0 Å². The predicted octanol–water partition coefficient (Wildman–Crippen LogP) is 2.86. The minimum absolute atomic E-state index is 0.248. The highest BCUT2D eigenvalue weighted by Gasteiger charge is 2.45. The van der Waals surface area contributed by atoms with Crippen molar-refractivity contribution >= 4 is 16.1 Å². The van der Waals surface area contributed by atoms with E-state index in [9.17, 15) is 33.6 Å². The van der Waals surface area contributed by atoms with Gasteiger partial charge < -0.3 is 34.6 Å². The number of aliphatic hydroxyl groups is 4. The lowest BCUT2D eigenvalue weighted by molar-refractivity contribution is -0.296. The van der Waals surface area contributed by atoms with Crippen molar-refractivity contribution < 1.29 is 52.4 Å². The van der Waals surface area contributed by atoms with E-state index in [1.807, 2.05) is 0 Å². The molecule has 1 fully saturated rings. The van der Waals surface area contributed by atoms with Gasteiger partial charge in [-0.05, 0) is 6.42 Å². The molecule has 1 aliphatic rings. The fourth-order valence-electron chi connectivity index (χ4n) is 4.56. The molecule has 1 rings (SSSR count). The number of carbonyl (C=O) groups excluding carboxylic acids is 1. The molecule has 0 aromatic carbocycles. The van der Waals surface area contributed by atoms with Crippen LogP contribution in [0.25, 0.3) is 0 Å². The van der Waals surface area contributed by atoms with E-state index in [4.69, 9.17) is 18.8 Å². The third-order valence-corrected chi connectivity index (χ3v) is 7.67. The molecule has 0 radical (unpaired) electrons. The minimum atomic E-state index is -4.53. The molecular formula is C27H52O11S. The molecule has 1 saturated heterocycles. The molecule has 0 bridgehead atoms. The highest BCUT2D eigenvalue weighted by molar-refractivity contribution is 7.85. The van der Waals surface area contributed by atoms with Gasteiger partial charge in [0.15, 0.2) is 6.29 Å². The van der Waals surface area contributed by atoms with Gasteiger partial charge in [0, 0.05) is 6.42 Å². The number of esters is 1. The summed E-state index contributed by atoms with van der Waals surface area (Å²) in [4.78, 5) is 11.9. The van der Waals surface area contributed by atoms with Crippen molar-refractivity contribution in [3.8, 4) is 0 Å². The maximum atomic E-state index is 11.9. The Labute approximate surface area is 234 Å². The van der Waals surface area contributed by atoms with E-state index in [-0.39, 0.29) is 13.0 Å². The number of aliphatic hydroxyl groups excluding tert-OH is 4. The highest BCUT2D eigenvalue weighted by atomic mass is 32.2. The average molecular weight is 585 g/mol. The van der Waals surface area contributed by atoms with Crippen LogP contribution in [0.5, 0.6) is 0 Å². The van der Waals surface area contributed by atoms with Gasteiger partial charge in [0.25, 0.3) is 10.1 Å². The van der Waals surface area contributed by atoms with Crippen LogP contribution in [-0.2, 0) is 29.1 Å². The van der Waals surface area contributed by atoms with Gasteiger partial charge in [-0.1, -0.05) is 96.8 Å². The minimum Gasteiger partial charge on any atom is -0.463 e. The van der Waals surface area contributed by atoms with E-state index in [2.05, 4.69) is 6.92 Å². The van der Waals surface area contributed by atoms with Crippen LogP contribution < -0.4 is 0 Å². The second-order valence-corrected chi connectivity index (χ2v) is 12.1.